The number of morpholine rings is 1. The number of likely N-dealkylation sites (tertiary alicyclic amines) is 1. The number of nitrogens with zero attached hydrogens (tertiary/aromatic N) is 2. The van der Waals surface area contributed by atoms with Gasteiger partial charge < -0.3 is 15.4 Å². The van der Waals surface area contributed by atoms with E-state index in [2.05, 4.69) is 29.2 Å². The molecular weight excluding hydrogens is 373 g/mol. The predicted molar refractivity (Wildman–Crippen MR) is 109 cm³/mol. The Morgan fingerprint density at radius 2 is 1.96 bits per heavy atom. The van der Waals surface area contributed by atoms with Crippen molar-refractivity contribution in [2.24, 2.45) is 5.73 Å². The number of amides is 1. The zero-order valence-electron chi connectivity index (χ0n) is 15.4. The molecule has 0 aliphatic carbocycles. The molecule has 0 aromatic heterocycles. The van der Waals surface area contributed by atoms with E-state index in [1.165, 1.54) is 5.56 Å². The molecule has 26 heavy (non-hydrogen) atoms. The number of rotatable bonds is 4. The minimum Gasteiger partial charge on any atom is -0.366 e. The number of carbonyl (C=O) groups excluding carboxylic acids is 1. The molecule has 2 heterocycles. The van der Waals surface area contributed by atoms with Crippen molar-refractivity contribution in [1.82, 2.24) is 9.80 Å². The predicted octanol–water partition coefficient (Wildman–Crippen LogP) is 2.46. The number of ether oxygens (including phenoxy) is 1. The summed E-state index contributed by atoms with van der Waals surface area (Å²) in [6, 6.07) is 10.6. The van der Waals surface area contributed by atoms with Gasteiger partial charge in [-0.1, -0.05) is 30.3 Å². The lowest BCUT2D eigenvalue weighted by molar-refractivity contribution is -0.154. The van der Waals surface area contributed by atoms with Crippen LogP contribution in [-0.4, -0.2) is 60.1 Å². The molecule has 2 fully saturated rings. The first kappa shape index (κ1) is 23.2. The van der Waals surface area contributed by atoms with Crippen molar-refractivity contribution in [3.05, 3.63) is 35.9 Å². The first-order valence-corrected chi connectivity index (χ1v) is 9.09. The summed E-state index contributed by atoms with van der Waals surface area (Å²) >= 11 is 0. The van der Waals surface area contributed by atoms with E-state index in [9.17, 15) is 4.79 Å². The Bertz CT molecular complexity index is 545. The van der Waals surface area contributed by atoms with E-state index in [0.29, 0.717) is 13.2 Å². The summed E-state index contributed by atoms with van der Waals surface area (Å²) in [5.41, 5.74) is 7.38. The molecule has 0 spiro atoms. The molecule has 1 aromatic carbocycles. The fourth-order valence-electron chi connectivity index (χ4n) is 3.80. The van der Waals surface area contributed by atoms with Gasteiger partial charge in [0.2, 0.25) is 0 Å². The molecule has 7 heteroatoms. The number of hydrogen-bond acceptors (Lipinski definition) is 4. The number of piperidine rings is 1. The Hall–Kier alpha value is -0.850. The Kier molecular flexibility index (Phi) is 9.90. The van der Waals surface area contributed by atoms with Crippen LogP contribution < -0.4 is 5.73 Å². The summed E-state index contributed by atoms with van der Waals surface area (Å²) in [5, 5.41) is 0. The second kappa shape index (κ2) is 11.1. The fourth-order valence-corrected chi connectivity index (χ4v) is 3.80. The van der Waals surface area contributed by atoms with Crippen molar-refractivity contribution in [2.75, 3.05) is 26.2 Å². The van der Waals surface area contributed by atoms with Gasteiger partial charge in [-0.15, -0.1) is 24.8 Å². The van der Waals surface area contributed by atoms with Gasteiger partial charge in [0.15, 0.2) is 0 Å². The van der Waals surface area contributed by atoms with Gasteiger partial charge in [0.1, 0.15) is 6.10 Å². The average molecular weight is 404 g/mol. The number of hydrogen-bond donors (Lipinski definition) is 1. The van der Waals surface area contributed by atoms with Crippen LogP contribution in [0.15, 0.2) is 30.3 Å². The second-order valence-corrected chi connectivity index (χ2v) is 7.03. The van der Waals surface area contributed by atoms with Crippen molar-refractivity contribution in [3.63, 3.8) is 0 Å². The van der Waals surface area contributed by atoms with E-state index in [4.69, 9.17) is 10.5 Å². The fraction of sp³-hybridized carbons (Fsp3) is 0.632. The van der Waals surface area contributed by atoms with Gasteiger partial charge in [0.25, 0.3) is 5.91 Å². The summed E-state index contributed by atoms with van der Waals surface area (Å²) in [7, 11) is 0. The normalized spacial score (nSPS) is 24.9. The lowest BCUT2D eigenvalue weighted by Crippen LogP contribution is -2.57. The Morgan fingerprint density at radius 3 is 2.65 bits per heavy atom. The largest absolute Gasteiger partial charge is 0.366 e. The third kappa shape index (κ3) is 5.83. The first-order chi connectivity index (χ1) is 11.6. The molecule has 3 atom stereocenters. The average Bonchev–Trinajstić information content (AvgIpc) is 2.62. The van der Waals surface area contributed by atoms with Crippen LogP contribution in [-0.2, 0) is 16.1 Å². The Labute approximate surface area is 169 Å². The van der Waals surface area contributed by atoms with E-state index in [1.807, 2.05) is 17.9 Å². The summed E-state index contributed by atoms with van der Waals surface area (Å²) in [6.45, 7) is 5.82. The van der Waals surface area contributed by atoms with Crippen molar-refractivity contribution in [1.29, 1.82) is 0 Å². The summed E-state index contributed by atoms with van der Waals surface area (Å²) in [5.74, 6) is 0.120. The molecule has 2 aliphatic heterocycles. The molecule has 5 nitrogen and oxygen atoms in total. The molecule has 0 saturated carbocycles. The van der Waals surface area contributed by atoms with Crippen LogP contribution in [0.1, 0.15) is 31.7 Å². The van der Waals surface area contributed by atoms with Crippen molar-refractivity contribution >= 4 is 30.7 Å². The maximum absolute atomic E-state index is 13.0. The van der Waals surface area contributed by atoms with Gasteiger partial charge in [-0.25, -0.2) is 0 Å². The third-order valence-electron chi connectivity index (χ3n) is 5.11. The highest BCUT2D eigenvalue weighted by Crippen LogP contribution is 2.22. The zero-order valence-corrected chi connectivity index (χ0v) is 17.0. The summed E-state index contributed by atoms with van der Waals surface area (Å²) in [4.78, 5) is 17.3. The SMILES string of the molecule is CC(N)C1CCCCN1C(=O)C1CN(Cc2ccccc2)CCO1.Cl.Cl. The summed E-state index contributed by atoms with van der Waals surface area (Å²) < 4.78 is 5.82. The third-order valence-corrected chi connectivity index (χ3v) is 5.11. The van der Waals surface area contributed by atoms with Crippen LogP contribution in [0.25, 0.3) is 0 Å². The quantitative estimate of drug-likeness (QED) is 0.838. The first-order valence-electron chi connectivity index (χ1n) is 9.09. The lowest BCUT2D eigenvalue weighted by atomic mass is 9.96. The highest BCUT2D eigenvalue weighted by atomic mass is 35.5. The number of benzene rings is 1. The van der Waals surface area contributed by atoms with Gasteiger partial charge in [0, 0.05) is 38.3 Å². The van der Waals surface area contributed by atoms with Crippen LogP contribution in [0.3, 0.4) is 0 Å². The van der Waals surface area contributed by atoms with Crippen LogP contribution in [0, 0.1) is 0 Å². The van der Waals surface area contributed by atoms with E-state index in [0.717, 1.165) is 38.9 Å². The standard InChI is InChI=1S/C19H29N3O2.2ClH/c1-15(20)17-9-5-6-10-22(17)19(23)18-14-21(11-12-24-18)13-16-7-3-2-4-8-16;;/h2-4,7-8,15,17-18H,5-6,9-14,20H2,1H3;2*1H. The van der Waals surface area contributed by atoms with Crippen LogP contribution >= 0.6 is 24.8 Å². The highest BCUT2D eigenvalue weighted by molar-refractivity contribution is 5.85. The molecular formula is C19H31Cl2N3O2. The van der Waals surface area contributed by atoms with Crippen LogP contribution in [0.5, 0.6) is 0 Å². The lowest BCUT2D eigenvalue weighted by Gasteiger charge is -2.41. The minimum absolute atomic E-state index is 0. The van der Waals surface area contributed by atoms with Gasteiger partial charge in [-0.05, 0) is 31.7 Å². The van der Waals surface area contributed by atoms with E-state index in [-0.39, 0.29) is 48.9 Å². The van der Waals surface area contributed by atoms with Gasteiger partial charge in [0.05, 0.1) is 6.61 Å². The number of carbonyl (C=O) groups is 1. The van der Waals surface area contributed by atoms with Crippen LogP contribution in [0.4, 0.5) is 0 Å². The maximum atomic E-state index is 13.0. The van der Waals surface area contributed by atoms with E-state index >= 15 is 0 Å². The maximum Gasteiger partial charge on any atom is 0.253 e. The second-order valence-electron chi connectivity index (χ2n) is 7.03. The van der Waals surface area contributed by atoms with Crippen LogP contribution in [0.2, 0.25) is 0 Å². The van der Waals surface area contributed by atoms with E-state index in [1.54, 1.807) is 0 Å². The number of halogens is 2. The Morgan fingerprint density at radius 1 is 1.23 bits per heavy atom. The molecule has 2 aliphatic rings. The number of nitrogens with two attached hydrogens (primary N) is 1. The molecule has 0 radical (unpaired) electrons. The van der Waals surface area contributed by atoms with Gasteiger partial charge in [-0.2, -0.15) is 0 Å². The highest BCUT2D eigenvalue weighted by Gasteiger charge is 2.35. The molecule has 0 bridgehead atoms. The molecule has 148 valence electrons. The molecule has 1 aromatic rings. The smallest absolute Gasteiger partial charge is 0.253 e. The zero-order chi connectivity index (χ0) is 16.9. The molecule has 3 rings (SSSR count). The van der Waals surface area contributed by atoms with Gasteiger partial charge >= 0.3 is 0 Å². The van der Waals surface area contributed by atoms with Crippen molar-refractivity contribution < 1.29 is 9.53 Å². The molecule has 1 amide bonds. The summed E-state index contributed by atoms with van der Waals surface area (Å²) in [6.07, 6.45) is 2.86. The van der Waals surface area contributed by atoms with Crippen molar-refractivity contribution in [2.45, 2.75) is 50.9 Å². The molecule has 2 N–H and O–H groups in total. The van der Waals surface area contributed by atoms with E-state index < -0.39 is 0 Å². The molecule has 2 saturated heterocycles. The van der Waals surface area contributed by atoms with Gasteiger partial charge in [-0.3, -0.25) is 9.69 Å². The van der Waals surface area contributed by atoms with Crippen molar-refractivity contribution in [3.8, 4) is 0 Å². The minimum atomic E-state index is -0.359. The molecule has 3 unspecified atom stereocenters. The monoisotopic (exact) mass is 403 g/mol. The topological polar surface area (TPSA) is 58.8 Å². The Balaban J connectivity index is 0.00000169.